The van der Waals surface area contributed by atoms with Crippen LogP contribution in [-0.2, 0) is 0 Å². The maximum atomic E-state index is 9.63. The van der Waals surface area contributed by atoms with Crippen LogP contribution in [0.2, 0.25) is 10.0 Å². The molecule has 0 aliphatic carbocycles. The molecular weight excluding hydrogens is 273 g/mol. The first kappa shape index (κ1) is 13.1. The van der Waals surface area contributed by atoms with Crippen LogP contribution in [0.5, 0.6) is 11.6 Å². The Labute approximate surface area is 115 Å². The second-order valence-electron chi connectivity index (χ2n) is 3.73. The molecule has 1 aromatic heterocycles. The molecule has 18 heavy (non-hydrogen) atoms. The molecule has 0 spiro atoms. The third kappa shape index (κ3) is 2.75. The quantitative estimate of drug-likeness (QED) is 0.916. The van der Waals surface area contributed by atoms with E-state index in [2.05, 4.69) is 4.98 Å². The summed E-state index contributed by atoms with van der Waals surface area (Å²) >= 11 is 11.9. The second kappa shape index (κ2) is 5.57. The summed E-state index contributed by atoms with van der Waals surface area (Å²) < 4.78 is 5.59. The van der Waals surface area contributed by atoms with Crippen molar-refractivity contribution in [2.45, 2.75) is 13.0 Å². The van der Waals surface area contributed by atoms with Gasteiger partial charge in [0.25, 0.3) is 0 Å². The van der Waals surface area contributed by atoms with Crippen LogP contribution in [0.25, 0.3) is 0 Å². The fourth-order valence-electron chi connectivity index (χ4n) is 1.47. The van der Waals surface area contributed by atoms with Gasteiger partial charge in [-0.2, -0.15) is 0 Å². The highest BCUT2D eigenvalue weighted by molar-refractivity contribution is 6.42. The number of aliphatic hydroxyl groups is 1. The van der Waals surface area contributed by atoms with Gasteiger partial charge in [-0.1, -0.05) is 29.3 Å². The molecule has 0 aliphatic rings. The standard InChI is InChI=1S/C13H11Cl2NO2/c1-8(17)9-4-3-7-16-13(9)18-11-6-2-5-10(14)12(11)15/h2-8,17H,1H3/t8-/m0/s1. The normalized spacial score (nSPS) is 12.2. The zero-order chi connectivity index (χ0) is 13.1. The van der Waals surface area contributed by atoms with Gasteiger partial charge in [0.2, 0.25) is 5.88 Å². The van der Waals surface area contributed by atoms with E-state index in [-0.39, 0.29) is 0 Å². The van der Waals surface area contributed by atoms with Gasteiger partial charge in [-0.3, -0.25) is 0 Å². The summed E-state index contributed by atoms with van der Waals surface area (Å²) in [5.74, 6) is 0.724. The van der Waals surface area contributed by atoms with Gasteiger partial charge in [-0.15, -0.1) is 0 Å². The third-order valence-electron chi connectivity index (χ3n) is 2.37. The fourth-order valence-corrected chi connectivity index (χ4v) is 1.80. The van der Waals surface area contributed by atoms with E-state index in [1.54, 1.807) is 43.5 Å². The largest absolute Gasteiger partial charge is 0.437 e. The zero-order valence-electron chi connectivity index (χ0n) is 9.60. The van der Waals surface area contributed by atoms with Crippen LogP contribution in [0.1, 0.15) is 18.6 Å². The molecule has 0 saturated heterocycles. The Balaban J connectivity index is 2.37. The monoisotopic (exact) mass is 283 g/mol. The van der Waals surface area contributed by atoms with E-state index in [1.165, 1.54) is 0 Å². The Kier molecular flexibility index (Phi) is 4.07. The Bertz CT molecular complexity index is 558. The number of ether oxygens (including phenoxy) is 1. The maximum absolute atomic E-state index is 9.63. The summed E-state index contributed by atoms with van der Waals surface area (Å²) in [4.78, 5) is 4.08. The second-order valence-corrected chi connectivity index (χ2v) is 4.51. The molecule has 0 aliphatic heterocycles. The minimum Gasteiger partial charge on any atom is -0.437 e. The van der Waals surface area contributed by atoms with Crippen LogP contribution in [0, 0.1) is 0 Å². The SMILES string of the molecule is C[C@H](O)c1cccnc1Oc1cccc(Cl)c1Cl. The van der Waals surface area contributed by atoms with Crippen LogP contribution in [0.3, 0.4) is 0 Å². The van der Waals surface area contributed by atoms with Crippen LogP contribution in [0.15, 0.2) is 36.5 Å². The van der Waals surface area contributed by atoms with Gasteiger partial charge in [0.15, 0.2) is 0 Å². The molecule has 2 aromatic rings. The molecule has 1 atom stereocenters. The van der Waals surface area contributed by atoms with E-state index in [9.17, 15) is 5.11 Å². The average Bonchev–Trinajstić information content (AvgIpc) is 2.35. The summed E-state index contributed by atoms with van der Waals surface area (Å²) in [7, 11) is 0. The molecule has 2 rings (SSSR count). The predicted molar refractivity (Wildman–Crippen MR) is 71.4 cm³/mol. The Morgan fingerprint density at radius 2 is 2.00 bits per heavy atom. The van der Waals surface area contributed by atoms with Crippen molar-refractivity contribution in [3.63, 3.8) is 0 Å². The van der Waals surface area contributed by atoms with Crippen molar-refractivity contribution in [2.24, 2.45) is 0 Å². The van der Waals surface area contributed by atoms with E-state index in [1.807, 2.05) is 0 Å². The predicted octanol–water partition coefficient (Wildman–Crippen LogP) is 4.23. The van der Waals surface area contributed by atoms with Gasteiger partial charge in [0.1, 0.15) is 10.8 Å². The first-order chi connectivity index (χ1) is 8.59. The number of nitrogens with zero attached hydrogens (tertiary/aromatic N) is 1. The number of hydrogen-bond donors (Lipinski definition) is 1. The van der Waals surface area contributed by atoms with E-state index in [0.717, 1.165) is 0 Å². The van der Waals surface area contributed by atoms with Crippen molar-refractivity contribution >= 4 is 23.2 Å². The van der Waals surface area contributed by atoms with Crippen LogP contribution < -0.4 is 4.74 Å². The zero-order valence-corrected chi connectivity index (χ0v) is 11.1. The third-order valence-corrected chi connectivity index (χ3v) is 3.18. The van der Waals surface area contributed by atoms with Crippen LogP contribution >= 0.6 is 23.2 Å². The van der Waals surface area contributed by atoms with Gasteiger partial charge >= 0.3 is 0 Å². The number of benzene rings is 1. The molecule has 0 saturated carbocycles. The minimum absolute atomic E-state index is 0.316. The summed E-state index contributed by atoms with van der Waals surface area (Å²) in [6, 6.07) is 8.56. The van der Waals surface area contributed by atoms with Crippen molar-refractivity contribution in [3.8, 4) is 11.6 Å². The molecule has 0 radical (unpaired) electrons. The van der Waals surface area contributed by atoms with E-state index >= 15 is 0 Å². The number of pyridine rings is 1. The molecule has 3 nitrogen and oxygen atoms in total. The van der Waals surface area contributed by atoms with Crippen molar-refractivity contribution in [2.75, 3.05) is 0 Å². The number of aromatic nitrogens is 1. The van der Waals surface area contributed by atoms with Crippen molar-refractivity contribution in [1.82, 2.24) is 4.98 Å². The number of rotatable bonds is 3. The topological polar surface area (TPSA) is 42.4 Å². The van der Waals surface area contributed by atoms with E-state index in [4.69, 9.17) is 27.9 Å². The van der Waals surface area contributed by atoms with Crippen molar-refractivity contribution < 1.29 is 9.84 Å². The Hall–Kier alpha value is -1.29. The molecule has 0 amide bonds. The highest BCUT2D eigenvalue weighted by Crippen LogP contribution is 2.35. The lowest BCUT2D eigenvalue weighted by Gasteiger charge is -2.12. The molecule has 0 fully saturated rings. The Morgan fingerprint density at radius 3 is 2.72 bits per heavy atom. The number of aliphatic hydroxyl groups excluding tert-OH is 1. The smallest absolute Gasteiger partial charge is 0.225 e. The molecule has 5 heteroatoms. The van der Waals surface area contributed by atoms with Gasteiger partial charge in [0, 0.05) is 11.8 Å². The van der Waals surface area contributed by atoms with Crippen LogP contribution in [-0.4, -0.2) is 10.1 Å². The van der Waals surface area contributed by atoms with Crippen LogP contribution in [0.4, 0.5) is 0 Å². The first-order valence-corrected chi connectivity index (χ1v) is 6.10. The number of halogens is 2. The lowest BCUT2D eigenvalue weighted by Crippen LogP contribution is -1.98. The molecule has 94 valence electrons. The lowest BCUT2D eigenvalue weighted by molar-refractivity contribution is 0.194. The molecule has 0 bridgehead atoms. The van der Waals surface area contributed by atoms with Crippen molar-refractivity contribution in [3.05, 3.63) is 52.1 Å². The van der Waals surface area contributed by atoms with E-state index in [0.29, 0.717) is 27.2 Å². The minimum atomic E-state index is -0.674. The molecule has 1 N–H and O–H groups in total. The molecule has 0 unspecified atom stereocenters. The van der Waals surface area contributed by atoms with E-state index < -0.39 is 6.10 Å². The average molecular weight is 284 g/mol. The van der Waals surface area contributed by atoms with Gasteiger partial charge in [-0.05, 0) is 31.2 Å². The summed E-state index contributed by atoms with van der Waals surface area (Å²) in [5.41, 5.74) is 0.591. The van der Waals surface area contributed by atoms with Crippen molar-refractivity contribution in [1.29, 1.82) is 0 Å². The number of hydrogen-bond acceptors (Lipinski definition) is 3. The molecule has 1 aromatic carbocycles. The highest BCUT2D eigenvalue weighted by Gasteiger charge is 2.13. The fraction of sp³-hybridized carbons (Fsp3) is 0.154. The van der Waals surface area contributed by atoms with Gasteiger partial charge < -0.3 is 9.84 Å². The summed E-state index contributed by atoms with van der Waals surface area (Å²) in [6.45, 7) is 1.64. The Morgan fingerprint density at radius 1 is 1.22 bits per heavy atom. The maximum Gasteiger partial charge on any atom is 0.225 e. The summed E-state index contributed by atoms with van der Waals surface area (Å²) in [6.07, 6.45) is 0.909. The molecule has 1 heterocycles. The van der Waals surface area contributed by atoms with Gasteiger partial charge in [0.05, 0.1) is 11.1 Å². The molecular formula is C13H11Cl2NO2. The lowest BCUT2D eigenvalue weighted by atomic mass is 10.2. The van der Waals surface area contributed by atoms with Gasteiger partial charge in [-0.25, -0.2) is 4.98 Å². The summed E-state index contributed by atoms with van der Waals surface area (Å²) in [5, 5.41) is 10.4. The highest BCUT2D eigenvalue weighted by atomic mass is 35.5. The first-order valence-electron chi connectivity index (χ1n) is 5.34.